The van der Waals surface area contributed by atoms with Gasteiger partial charge in [-0.2, -0.15) is 0 Å². The molecule has 9 heteroatoms. The lowest BCUT2D eigenvalue weighted by Crippen LogP contribution is -2.11. The lowest BCUT2D eigenvalue weighted by atomic mass is 10.2. The Morgan fingerprint density at radius 1 is 1.15 bits per heavy atom. The molecular formula is C17H14Cl2N2O3S2. The van der Waals surface area contributed by atoms with Gasteiger partial charge in [-0.25, -0.2) is 13.4 Å². The Bertz CT molecular complexity index is 1120. The second-order valence-electron chi connectivity index (χ2n) is 5.36. The second-order valence-corrected chi connectivity index (χ2v) is 9.13. The number of nitrogens with zero attached hydrogens (tertiary/aromatic N) is 2. The first-order valence-corrected chi connectivity index (χ1v) is 10.9. The van der Waals surface area contributed by atoms with E-state index in [0.717, 1.165) is 21.9 Å². The Hall–Kier alpha value is -1.80. The van der Waals surface area contributed by atoms with Crippen LogP contribution in [0.15, 0.2) is 57.7 Å². The molecule has 0 N–H and O–H groups in total. The average Bonchev–Trinajstić information content (AvgIpc) is 2.96. The van der Waals surface area contributed by atoms with Gasteiger partial charge in [0.2, 0.25) is 0 Å². The fourth-order valence-corrected chi connectivity index (χ4v) is 4.77. The number of hydrogen-bond donors (Lipinski definition) is 0. The van der Waals surface area contributed by atoms with Gasteiger partial charge in [-0.3, -0.25) is 0 Å². The summed E-state index contributed by atoms with van der Waals surface area (Å²) in [5.41, 5.74) is 2.28. The van der Waals surface area contributed by atoms with Gasteiger partial charge < -0.3 is 9.30 Å². The number of halogens is 2. The van der Waals surface area contributed by atoms with Crippen LogP contribution in [0.5, 0.6) is 5.75 Å². The molecule has 136 valence electrons. The maximum absolute atomic E-state index is 11.7. The molecule has 0 bridgehead atoms. The van der Waals surface area contributed by atoms with Crippen molar-refractivity contribution in [3.05, 3.63) is 57.7 Å². The van der Waals surface area contributed by atoms with E-state index in [1.165, 1.54) is 23.5 Å². The van der Waals surface area contributed by atoms with Crippen LogP contribution >= 0.6 is 33.6 Å². The van der Waals surface area contributed by atoms with Crippen molar-refractivity contribution in [1.82, 2.24) is 4.57 Å². The van der Waals surface area contributed by atoms with Crippen LogP contribution < -0.4 is 9.54 Å². The van der Waals surface area contributed by atoms with Crippen molar-refractivity contribution in [1.29, 1.82) is 0 Å². The van der Waals surface area contributed by atoms with Gasteiger partial charge in [0.1, 0.15) is 10.6 Å². The molecule has 0 aliphatic rings. The molecule has 0 unspecified atom stereocenters. The molecule has 0 atom stereocenters. The summed E-state index contributed by atoms with van der Waals surface area (Å²) < 4.78 is 30.4. The van der Waals surface area contributed by atoms with Crippen molar-refractivity contribution in [3.63, 3.8) is 0 Å². The molecule has 1 heterocycles. The molecule has 0 amide bonds. The van der Waals surface area contributed by atoms with E-state index in [2.05, 4.69) is 4.99 Å². The molecule has 0 spiro atoms. The zero-order chi connectivity index (χ0) is 18.9. The molecule has 0 aliphatic carbocycles. The van der Waals surface area contributed by atoms with Crippen molar-refractivity contribution < 1.29 is 13.2 Å². The molecule has 3 aromatic rings. The molecule has 3 rings (SSSR count). The van der Waals surface area contributed by atoms with E-state index in [0.29, 0.717) is 5.56 Å². The second kappa shape index (κ2) is 7.44. The van der Waals surface area contributed by atoms with Gasteiger partial charge in [-0.05, 0) is 36.4 Å². The van der Waals surface area contributed by atoms with E-state index in [4.69, 9.17) is 27.0 Å². The first kappa shape index (κ1) is 19.0. The van der Waals surface area contributed by atoms with E-state index in [-0.39, 0.29) is 9.92 Å². The highest BCUT2D eigenvalue weighted by Gasteiger charge is 2.17. The summed E-state index contributed by atoms with van der Waals surface area (Å²) in [6.07, 6.45) is 0. The lowest BCUT2D eigenvalue weighted by molar-refractivity contribution is 0.415. The highest BCUT2D eigenvalue weighted by molar-refractivity contribution is 8.13. The van der Waals surface area contributed by atoms with E-state index < -0.39 is 9.05 Å². The minimum Gasteiger partial charge on any atom is -0.497 e. The fourth-order valence-electron chi connectivity index (χ4n) is 2.35. The first-order valence-electron chi connectivity index (χ1n) is 7.37. The van der Waals surface area contributed by atoms with Crippen LogP contribution in [0.2, 0.25) is 5.02 Å². The van der Waals surface area contributed by atoms with Crippen molar-refractivity contribution in [2.24, 2.45) is 12.0 Å². The highest BCUT2D eigenvalue weighted by atomic mass is 35.7. The van der Waals surface area contributed by atoms with Gasteiger partial charge in [0.15, 0.2) is 4.80 Å². The van der Waals surface area contributed by atoms with Crippen LogP contribution in [0.4, 0.5) is 5.69 Å². The van der Waals surface area contributed by atoms with Gasteiger partial charge in [-0.15, -0.1) is 11.3 Å². The van der Waals surface area contributed by atoms with Crippen LogP contribution in [-0.4, -0.2) is 20.1 Å². The number of aromatic nitrogens is 1. The number of hydrogen-bond acceptors (Lipinski definition) is 5. The van der Waals surface area contributed by atoms with E-state index in [1.54, 1.807) is 13.2 Å². The molecule has 5 nitrogen and oxygen atoms in total. The molecule has 0 fully saturated rings. The summed E-state index contributed by atoms with van der Waals surface area (Å²) in [5, 5.41) is 1.99. The predicted octanol–water partition coefficient (Wildman–Crippen LogP) is 4.58. The molecule has 0 saturated heterocycles. The van der Waals surface area contributed by atoms with E-state index >= 15 is 0 Å². The first-order chi connectivity index (χ1) is 12.3. The molecular weight excluding hydrogens is 415 g/mol. The maximum atomic E-state index is 11.7. The summed E-state index contributed by atoms with van der Waals surface area (Å²) in [4.78, 5) is 5.25. The maximum Gasteiger partial charge on any atom is 0.262 e. The van der Waals surface area contributed by atoms with E-state index in [1.807, 2.05) is 41.3 Å². The Kier molecular flexibility index (Phi) is 5.43. The molecule has 2 aromatic carbocycles. The van der Waals surface area contributed by atoms with Gasteiger partial charge in [0.25, 0.3) is 9.05 Å². The number of ether oxygens (including phenoxy) is 1. The number of thiazole rings is 1. The Morgan fingerprint density at radius 3 is 2.46 bits per heavy atom. The van der Waals surface area contributed by atoms with Crippen LogP contribution in [0.3, 0.4) is 0 Å². The molecule has 0 saturated carbocycles. The molecule has 26 heavy (non-hydrogen) atoms. The Balaban J connectivity index is 2.05. The minimum absolute atomic E-state index is 0.0878. The number of benzene rings is 2. The topological polar surface area (TPSA) is 60.7 Å². The van der Waals surface area contributed by atoms with Gasteiger partial charge in [0.05, 0.1) is 23.5 Å². The molecule has 1 aromatic heterocycles. The van der Waals surface area contributed by atoms with Gasteiger partial charge in [0, 0.05) is 28.7 Å². The number of methoxy groups -OCH3 is 1. The Morgan fingerprint density at radius 2 is 1.85 bits per heavy atom. The van der Waals surface area contributed by atoms with Crippen LogP contribution in [0, 0.1) is 0 Å². The van der Waals surface area contributed by atoms with Gasteiger partial charge in [-0.1, -0.05) is 17.7 Å². The number of rotatable bonds is 4. The summed E-state index contributed by atoms with van der Waals surface area (Å²) in [7, 11) is 5.00. The van der Waals surface area contributed by atoms with Crippen molar-refractivity contribution in [2.75, 3.05) is 7.11 Å². The third kappa shape index (κ3) is 3.96. The van der Waals surface area contributed by atoms with Gasteiger partial charge >= 0.3 is 0 Å². The standard InChI is InChI=1S/C17H14Cl2N2O3S2/c1-21-15(11-3-8-14(18)16(9-11)26(19,22)23)10-25-17(21)20-12-4-6-13(24-2)7-5-12/h3-10H,1-2H3/b20-17+. The van der Waals surface area contributed by atoms with Crippen LogP contribution in [0.25, 0.3) is 11.3 Å². The van der Waals surface area contributed by atoms with E-state index in [9.17, 15) is 8.42 Å². The monoisotopic (exact) mass is 428 g/mol. The zero-order valence-electron chi connectivity index (χ0n) is 13.8. The quantitative estimate of drug-likeness (QED) is 0.571. The zero-order valence-corrected chi connectivity index (χ0v) is 17.0. The van der Waals surface area contributed by atoms with Crippen molar-refractivity contribution >= 4 is 48.4 Å². The lowest BCUT2D eigenvalue weighted by Gasteiger charge is -2.06. The Labute approximate surface area is 164 Å². The third-order valence-electron chi connectivity index (χ3n) is 3.71. The molecule has 0 radical (unpaired) electrons. The molecule has 0 aliphatic heterocycles. The summed E-state index contributed by atoms with van der Waals surface area (Å²) in [6, 6.07) is 12.1. The van der Waals surface area contributed by atoms with Crippen LogP contribution in [-0.2, 0) is 16.1 Å². The predicted molar refractivity (Wildman–Crippen MR) is 105 cm³/mol. The SMILES string of the molecule is COc1ccc(/N=c2/scc(-c3ccc(Cl)c(S(=O)(=O)Cl)c3)n2C)cc1. The largest absolute Gasteiger partial charge is 0.497 e. The average molecular weight is 429 g/mol. The normalized spacial score (nSPS) is 12.4. The summed E-state index contributed by atoms with van der Waals surface area (Å²) in [6.45, 7) is 0. The van der Waals surface area contributed by atoms with Crippen molar-refractivity contribution in [2.45, 2.75) is 4.90 Å². The summed E-state index contributed by atoms with van der Waals surface area (Å²) in [5.74, 6) is 0.760. The summed E-state index contributed by atoms with van der Waals surface area (Å²) >= 11 is 7.39. The minimum atomic E-state index is -3.93. The third-order valence-corrected chi connectivity index (χ3v) is 6.43. The smallest absolute Gasteiger partial charge is 0.262 e. The highest BCUT2D eigenvalue weighted by Crippen LogP contribution is 2.30. The van der Waals surface area contributed by atoms with Crippen molar-refractivity contribution in [3.8, 4) is 17.0 Å². The fraction of sp³-hybridized carbons (Fsp3) is 0.118. The van der Waals surface area contributed by atoms with Crippen LogP contribution in [0.1, 0.15) is 0 Å².